The molecular formula is C18H20N4O5. The summed E-state index contributed by atoms with van der Waals surface area (Å²) in [6.07, 6.45) is 2.66. The van der Waals surface area contributed by atoms with Gasteiger partial charge in [0.2, 0.25) is 0 Å². The summed E-state index contributed by atoms with van der Waals surface area (Å²) in [7, 11) is 0. The minimum absolute atomic E-state index is 0.0624. The van der Waals surface area contributed by atoms with Crippen LogP contribution in [0.1, 0.15) is 43.1 Å². The molecule has 1 fully saturated rings. The number of H-pyrrole nitrogens is 1. The van der Waals surface area contributed by atoms with E-state index in [0.717, 1.165) is 25.7 Å². The number of fused-ring (bicyclic) bond motifs is 1. The van der Waals surface area contributed by atoms with Gasteiger partial charge in [-0.3, -0.25) is 14.9 Å². The second-order valence-corrected chi connectivity index (χ2v) is 6.44. The molecule has 0 bridgehead atoms. The van der Waals surface area contributed by atoms with Gasteiger partial charge in [-0.05, 0) is 25.8 Å². The molecular weight excluding hydrogens is 352 g/mol. The van der Waals surface area contributed by atoms with Gasteiger partial charge in [-0.1, -0.05) is 31.0 Å². The second-order valence-electron chi connectivity index (χ2n) is 6.44. The number of rotatable bonds is 4. The van der Waals surface area contributed by atoms with Crippen molar-refractivity contribution in [2.45, 2.75) is 44.8 Å². The predicted octanol–water partition coefficient (Wildman–Crippen LogP) is 1.24. The van der Waals surface area contributed by atoms with Crippen LogP contribution in [-0.2, 0) is 9.53 Å². The zero-order chi connectivity index (χ0) is 19.4. The van der Waals surface area contributed by atoms with Crippen LogP contribution in [-0.4, -0.2) is 40.3 Å². The summed E-state index contributed by atoms with van der Waals surface area (Å²) in [5.74, 6) is -1.62. The highest BCUT2D eigenvalue weighted by Crippen LogP contribution is 2.17. The monoisotopic (exact) mass is 372 g/mol. The highest BCUT2D eigenvalue weighted by atomic mass is 16.5. The van der Waals surface area contributed by atoms with Crippen LogP contribution in [0.4, 0.5) is 4.79 Å². The molecule has 0 aliphatic heterocycles. The average molecular weight is 372 g/mol. The first kappa shape index (κ1) is 18.6. The fraction of sp³-hybridized carbons (Fsp3) is 0.389. The number of benzene rings is 1. The van der Waals surface area contributed by atoms with Crippen molar-refractivity contribution in [3.8, 4) is 0 Å². The van der Waals surface area contributed by atoms with E-state index >= 15 is 0 Å². The Morgan fingerprint density at radius 1 is 1.19 bits per heavy atom. The van der Waals surface area contributed by atoms with Crippen LogP contribution in [0, 0.1) is 0 Å². The molecule has 0 saturated heterocycles. The van der Waals surface area contributed by atoms with Crippen LogP contribution in [0.5, 0.6) is 0 Å². The van der Waals surface area contributed by atoms with Gasteiger partial charge in [0.1, 0.15) is 0 Å². The molecule has 9 heteroatoms. The Labute approximate surface area is 154 Å². The molecule has 1 atom stereocenters. The first-order valence-electron chi connectivity index (χ1n) is 8.75. The standard InChI is InChI=1S/C18H20N4O5/c1-10(15(23)20-18(26)19-11-6-2-3-7-11)27-17(25)14-12-8-4-5-9-13(12)16(24)22-21-14/h4-5,8-11H,2-3,6-7H2,1H3,(H,22,24)(H2,19,20,23,26). The van der Waals surface area contributed by atoms with Crippen molar-refractivity contribution in [2.75, 3.05) is 0 Å². The van der Waals surface area contributed by atoms with E-state index in [1.165, 1.54) is 6.92 Å². The van der Waals surface area contributed by atoms with Gasteiger partial charge in [-0.15, -0.1) is 0 Å². The first-order chi connectivity index (χ1) is 13.0. The van der Waals surface area contributed by atoms with Crippen LogP contribution in [0.25, 0.3) is 10.8 Å². The van der Waals surface area contributed by atoms with Crippen LogP contribution in [0.3, 0.4) is 0 Å². The van der Waals surface area contributed by atoms with E-state index in [2.05, 4.69) is 20.8 Å². The van der Waals surface area contributed by atoms with Gasteiger partial charge in [0.25, 0.3) is 11.5 Å². The van der Waals surface area contributed by atoms with Gasteiger partial charge in [0, 0.05) is 11.4 Å². The number of aromatic nitrogens is 2. The molecule has 2 aromatic rings. The summed E-state index contributed by atoms with van der Waals surface area (Å²) in [6.45, 7) is 1.35. The number of nitrogens with one attached hydrogen (secondary N) is 3. The predicted molar refractivity (Wildman–Crippen MR) is 96.2 cm³/mol. The number of hydrogen-bond donors (Lipinski definition) is 3. The lowest BCUT2D eigenvalue weighted by atomic mass is 10.1. The molecule has 1 aromatic carbocycles. The number of carbonyl (C=O) groups excluding carboxylic acids is 3. The molecule has 1 heterocycles. The van der Waals surface area contributed by atoms with Gasteiger partial charge in [-0.2, -0.15) is 5.10 Å². The van der Waals surface area contributed by atoms with E-state index in [-0.39, 0.29) is 17.1 Å². The average Bonchev–Trinajstić information content (AvgIpc) is 3.14. The van der Waals surface area contributed by atoms with Gasteiger partial charge in [0.05, 0.1) is 5.39 Å². The molecule has 0 spiro atoms. The van der Waals surface area contributed by atoms with E-state index < -0.39 is 29.6 Å². The normalized spacial score (nSPS) is 15.3. The van der Waals surface area contributed by atoms with Crippen molar-refractivity contribution in [1.82, 2.24) is 20.8 Å². The molecule has 1 aromatic heterocycles. The largest absolute Gasteiger partial charge is 0.448 e. The molecule has 142 valence electrons. The molecule has 27 heavy (non-hydrogen) atoms. The molecule has 3 N–H and O–H groups in total. The summed E-state index contributed by atoms with van der Waals surface area (Å²) < 4.78 is 5.10. The SMILES string of the molecule is CC(OC(=O)c1n[nH]c(=O)c2ccccc12)C(=O)NC(=O)NC1CCCC1. The van der Waals surface area contributed by atoms with E-state index in [4.69, 9.17) is 4.74 Å². The Balaban J connectivity index is 1.63. The Kier molecular flexibility index (Phi) is 5.49. The van der Waals surface area contributed by atoms with Crippen molar-refractivity contribution in [3.05, 3.63) is 40.3 Å². The topological polar surface area (TPSA) is 130 Å². The summed E-state index contributed by atoms with van der Waals surface area (Å²) in [5.41, 5.74) is -0.545. The van der Waals surface area contributed by atoms with Crippen molar-refractivity contribution in [1.29, 1.82) is 0 Å². The number of ether oxygens (including phenoxy) is 1. The minimum Gasteiger partial charge on any atom is -0.448 e. The summed E-state index contributed by atoms with van der Waals surface area (Å²) in [4.78, 5) is 48.1. The van der Waals surface area contributed by atoms with Gasteiger partial charge in [-0.25, -0.2) is 14.7 Å². The molecule has 0 radical (unpaired) electrons. The lowest BCUT2D eigenvalue weighted by Gasteiger charge is -2.15. The Morgan fingerprint density at radius 3 is 2.56 bits per heavy atom. The fourth-order valence-corrected chi connectivity index (χ4v) is 3.05. The van der Waals surface area contributed by atoms with E-state index in [9.17, 15) is 19.2 Å². The Morgan fingerprint density at radius 2 is 1.85 bits per heavy atom. The maximum Gasteiger partial charge on any atom is 0.360 e. The van der Waals surface area contributed by atoms with Gasteiger partial charge >= 0.3 is 12.0 Å². The molecule has 3 amide bonds. The van der Waals surface area contributed by atoms with Crippen LogP contribution in [0.2, 0.25) is 0 Å². The molecule has 3 rings (SSSR count). The highest BCUT2D eigenvalue weighted by Gasteiger charge is 2.24. The number of amides is 3. The Bertz CT molecular complexity index is 933. The summed E-state index contributed by atoms with van der Waals surface area (Å²) >= 11 is 0. The van der Waals surface area contributed by atoms with E-state index in [1.807, 2.05) is 0 Å². The molecule has 1 aliphatic rings. The number of aromatic amines is 1. The summed E-state index contributed by atoms with van der Waals surface area (Å²) in [6, 6.07) is 5.88. The smallest absolute Gasteiger partial charge is 0.360 e. The van der Waals surface area contributed by atoms with E-state index in [0.29, 0.717) is 5.39 Å². The fourth-order valence-electron chi connectivity index (χ4n) is 3.05. The van der Waals surface area contributed by atoms with Crippen LogP contribution >= 0.6 is 0 Å². The van der Waals surface area contributed by atoms with Crippen LogP contribution < -0.4 is 16.2 Å². The molecule has 1 saturated carbocycles. The second kappa shape index (κ2) is 7.98. The number of esters is 1. The van der Waals surface area contributed by atoms with Crippen molar-refractivity contribution in [3.63, 3.8) is 0 Å². The zero-order valence-corrected chi connectivity index (χ0v) is 14.8. The Hall–Kier alpha value is -3.23. The number of carbonyl (C=O) groups is 3. The highest BCUT2D eigenvalue weighted by molar-refractivity contribution is 6.03. The number of imide groups is 1. The number of hydrogen-bond acceptors (Lipinski definition) is 6. The third-order valence-corrected chi connectivity index (χ3v) is 4.47. The third-order valence-electron chi connectivity index (χ3n) is 4.47. The zero-order valence-electron chi connectivity index (χ0n) is 14.8. The van der Waals surface area contributed by atoms with Crippen molar-refractivity contribution < 1.29 is 19.1 Å². The molecule has 1 aliphatic carbocycles. The van der Waals surface area contributed by atoms with Gasteiger partial charge < -0.3 is 10.1 Å². The maximum atomic E-state index is 12.4. The van der Waals surface area contributed by atoms with Crippen molar-refractivity contribution in [2.24, 2.45) is 0 Å². The van der Waals surface area contributed by atoms with Crippen molar-refractivity contribution >= 4 is 28.7 Å². The quantitative estimate of drug-likeness (QED) is 0.692. The van der Waals surface area contributed by atoms with Gasteiger partial charge in [0.15, 0.2) is 11.8 Å². The summed E-state index contributed by atoms with van der Waals surface area (Å²) in [5, 5.41) is 11.4. The van der Waals surface area contributed by atoms with Crippen LogP contribution in [0.15, 0.2) is 29.1 Å². The minimum atomic E-state index is -1.21. The maximum absolute atomic E-state index is 12.4. The molecule has 9 nitrogen and oxygen atoms in total. The lowest BCUT2D eigenvalue weighted by Crippen LogP contribution is -2.47. The first-order valence-corrected chi connectivity index (χ1v) is 8.75. The third kappa shape index (κ3) is 4.30. The lowest BCUT2D eigenvalue weighted by molar-refractivity contribution is -0.127. The molecule has 1 unspecified atom stereocenters. The number of urea groups is 1. The van der Waals surface area contributed by atoms with E-state index in [1.54, 1.807) is 24.3 Å². The number of nitrogens with zero attached hydrogens (tertiary/aromatic N) is 1.